The molecule has 4 heteroatoms. The second kappa shape index (κ2) is 5.34. The molecule has 0 unspecified atom stereocenters. The van der Waals surface area contributed by atoms with Gasteiger partial charge in [0.15, 0.2) is 0 Å². The minimum absolute atomic E-state index is 0.145. The molecule has 1 saturated carbocycles. The molecule has 1 aromatic rings. The van der Waals surface area contributed by atoms with Crippen molar-refractivity contribution in [1.29, 1.82) is 0 Å². The van der Waals surface area contributed by atoms with Gasteiger partial charge in [0, 0.05) is 31.4 Å². The van der Waals surface area contributed by atoms with Gasteiger partial charge in [-0.3, -0.25) is 0 Å². The molecule has 1 aliphatic heterocycles. The van der Waals surface area contributed by atoms with Crippen LogP contribution in [0.15, 0.2) is 18.2 Å². The summed E-state index contributed by atoms with van der Waals surface area (Å²) in [5.41, 5.74) is 2.04. The first-order valence-electron chi connectivity index (χ1n) is 7.44. The summed E-state index contributed by atoms with van der Waals surface area (Å²) >= 11 is 0. The first-order valence-corrected chi connectivity index (χ1v) is 7.44. The normalized spacial score (nSPS) is 22.1. The molecule has 3 nitrogen and oxygen atoms in total. The van der Waals surface area contributed by atoms with Crippen molar-refractivity contribution in [3.8, 4) is 0 Å². The van der Waals surface area contributed by atoms with Gasteiger partial charge in [-0.25, -0.2) is 4.39 Å². The molecular weight excluding hydrogens is 255 g/mol. The zero-order chi connectivity index (χ0) is 14.2. The van der Waals surface area contributed by atoms with Crippen molar-refractivity contribution in [2.75, 3.05) is 24.6 Å². The number of anilines is 1. The first kappa shape index (κ1) is 13.8. The molecule has 2 aliphatic rings. The van der Waals surface area contributed by atoms with Crippen LogP contribution in [0, 0.1) is 5.82 Å². The fourth-order valence-electron chi connectivity index (χ4n) is 2.77. The summed E-state index contributed by atoms with van der Waals surface area (Å²) in [4.78, 5) is 2.31. The molecule has 1 aliphatic carbocycles. The predicted molar refractivity (Wildman–Crippen MR) is 78.5 cm³/mol. The molecule has 0 radical (unpaired) electrons. The maximum absolute atomic E-state index is 13.5. The van der Waals surface area contributed by atoms with Gasteiger partial charge < -0.3 is 15.0 Å². The molecule has 1 heterocycles. The lowest BCUT2D eigenvalue weighted by molar-refractivity contribution is -0.0277. The van der Waals surface area contributed by atoms with Gasteiger partial charge in [-0.15, -0.1) is 0 Å². The maximum Gasteiger partial charge on any atom is 0.123 e. The topological polar surface area (TPSA) is 24.5 Å². The third-order valence-corrected chi connectivity index (χ3v) is 3.97. The Morgan fingerprint density at radius 2 is 2.20 bits per heavy atom. The third-order valence-electron chi connectivity index (χ3n) is 3.97. The lowest BCUT2D eigenvalue weighted by Gasteiger charge is -2.40. The van der Waals surface area contributed by atoms with Gasteiger partial charge in [0.05, 0.1) is 12.2 Å². The van der Waals surface area contributed by atoms with E-state index < -0.39 is 0 Å². The van der Waals surface area contributed by atoms with Crippen LogP contribution in [-0.2, 0) is 11.3 Å². The molecule has 1 aromatic carbocycles. The van der Waals surface area contributed by atoms with Gasteiger partial charge in [-0.2, -0.15) is 0 Å². The Morgan fingerprint density at radius 1 is 1.40 bits per heavy atom. The van der Waals surface area contributed by atoms with E-state index in [0.717, 1.165) is 37.5 Å². The molecule has 0 spiro atoms. The Kier molecular flexibility index (Phi) is 3.69. The highest BCUT2D eigenvalue weighted by molar-refractivity contribution is 5.54. The number of rotatable bonds is 4. The van der Waals surface area contributed by atoms with Gasteiger partial charge in [0.1, 0.15) is 5.82 Å². The van der Waals surface area contributed by atoms with Crippen molar-refractivity contribution in [2.45, 2.75) is 44.9 Å². The summed E-state index contributed by atoms with van der Waals surface area (Å²) < 4.78 is 19.3. The molecule has 0 amide bonds. The summed E-state index contributed by atoms with van der Waals surface area (Å²) in [5.74, 6) is -0.158. The van der Waals surface area contributed by atoms with Crippen LogP contribution in [0.5, 0.6) is 0 Å². The van der Waals surface area contributed by atoms with Crippen LogP contribution < -0.4 is 10.2 Å². The van der Waals surface area contributed by atoms with Crippen molar-refractivity contribution < 1.29 is 9.13 Å². The van der Waals surface area contributed by atoms with E-state index in [4.69, 9.17) is 4.74 Å². The van der Waals surface area contributed by atoms with Gasteiger partial charge in [-0.05, 0) is 50.5 Å². The minimum Gasteiger partial charge on any atom is -0.372 e. The van der Waals surface area contributed by atoms with E-state index in [1.807, 2.05) is 6.07 Å². The molecule has 110 valence electrons. The molecule has 0 atom stereocenters. The van der Waals surface area contributed by atoms with Crippen LogP contribution in [0.1, 0.15) is 32.3 Å². The Balaban J connectivity index is 1.79. The summed E-state index contributed by atoms with van der Waals surface area (Å²) in [7, 11) is 0. The molecule has 1 N–H and O–H groups in total. The quantitative estimate of drug-likeness (QED) is 0.916. The molecule has 0 bridgehead atoms. The summed E-state index contributed by atoms with van der Waals surface area (Å²) in [6.45, 7) is 7.38. The van der Waals surface area contributed by atoms with E-state index >= 15 is 0 Å². The number of morpholine rings is 1. The van der Waals surface area contributed by atoms with Crippen molar-refractivity contribution in [3.05, 3.63) is 29.6 Å². The average Bonchev–Trinajstić information content (AvgIpc) is 3.19. The van der Waals surface area contributed by atoms with Gasteiger partial charge in [-0.1, -0.05) is 0 Å². The van der Waals surface area contributed by atoms with Crippen LogP contribution in [0.2, 0.25) is 0 Å². The third kappa shape index (κ3) is 3.30. The SMILES string of the molecule is CC1(C)CN(c2ccc(F)cc2CNC2CC2)CCO1. The highest BCUT2D eigenvalue weighted by atomic mass is 19.1. The Bertz CT molecular complexity index is 485. The number of hydrogen-bond donors (Lipinski definition) is 1. The van der Waals surface area contributed by atoms with Gasteiger partial charge in [0.2, 0.25) is 0 Å². The second-order valence-electron chi connectivity index (χ2n) is 6.46. The van der Waals surface area contributed by atoms with Gasteiger partial charge >= 0.3 is 0 Å². The zero-order valence-electron chi connectivity index (χ0n) is 12.3. The standard InChI is InChI=1S/C16H23FN2O/c1-16(2)11-19(7-8-20-16)15-6-3-13(17)9-12(15)10-18-14-4-5-14/h3,6,9,14,18H,4-5,7-8,10-11H2,1-2H3. The van der Waals surface area contributed by atoms with E-state index in [0.29, 0.717) is 6.04 Å². The molecule has 3 rings (SSSR count). The van der Waals surface area contributed by atoms with E-state index in [1.54, 1.807) is 12.1 Å². The molecule has 2 fully saturated rings. The van der Waals surface area contributed by atoms with Crippen LogP contribution >= 0.6 is 0 Å². The lowest BCUT2D eigenvalue weighted by Crippen LogP contribution is -2.48. The monoisotopic (exact) mass is 278 g/mol. The largest absolute Gasteiger partial charge is 0.372 e. The maximum atomic E-state index is 13.5. The fourth-order valence-corrected chi connectivity index (χ4v) is 2.77. The smallest absolute Gasteiger partial charge is 0.123 e. The Labute approximate surface area is 120 Å². The number of hydrogen-bond acceptors (Lipinski definition) is 3. The molecule has 20 heavy (non-hydrogen) atoms. The minimum atomic E-state index is -0.158. The number of nitrogens with one attached hydrogen (secondary N) is 1. The first-order chi connectivity index (χ1) is 9.53. The van der Waals surface area contributed by atoms with E-state index in [2.05, 4.69) is 24.1 Å². The van der Waals surface area contributed by atoms with Crippen LogP contribution in [0.3, 0.4) is 0 Å². The lowest BCUT2D eigenvalue weighted by atomic mass is 10.0. The number of ether oxygens (including phenoxy) is 1. The highest BCUT2D eigenvalue weighted by Crippen LogP contribution is 2.28. The molecular formula is C16H23FN2O. The summed E-state index contributed by atoms with van der Waals surface area (Å²) in [5, 5.41) is 3.48. The Morgan fingerprint density at radius 3 is 2.90 bits per heavy atom. The predicted octanol–water partition coefficient (Wildman–Crippen LogP) is 2.69. The van der Waals surface area contributed by atoms with Crippen molar-refractivity contribution >= 4 is 5.69 Å². The second-order valence-corrected chi connectivity index (χ2v) is 6.46. The molecule has 0 aromatic heterocycles. The van der Waals surface area contributed by atoms with Crippen LogP contribution in [-0.4, -0.2) is 31.3 Å². The number of benzene rings is 1. The van der Waals surface area contributed by atoms with Gasteiger partial charge in [0.25, 0.3) is 0 Å². The van der Waals surface area contributed by atoms with Crippen LogP contribution in [0.25, 0.3) is 0 Å². The zero-order valence-corrected chi connectivity index (χ0v) is 12.3. The van der Waals surface area contributed by atoms with Crippen molar-refractivity contribution in [3.63, 3.8) is 0 Å². The highest BCUT2D eigenvalue weighted by Gasteiger charge is 2.28. The average molecular weight is 278 g/mol. The molecule has 1 saturated heterocycles. The van der Waals surface area contributed by atoms with Crippen molar-refractivity contribution in [2.24, 2.45) is 0 Å². The Hall–Kier alpha value is -1.13. The fraction of sp³-hybridized carbons (Fsp3) is 0.625. The van der Waals surface area contributed by atoms with Crippen molar-refractivity contribution in [1.82, 2.24) is 5.32 Å². The summed E-state index contributed by atoms with van der Waals surface area (Å²) in [6, 6.07) is 5.75. The number of halogens is 1. The van der Waals surface area contributed by atoms with Crippen LogP contribution in [0.4, 0.5) is 10.1 Å². The van der Waals surface area contributed by atoms with E-state index in [9.17, 15) is 4.39 Å². The summed E-state index contributed by atoms with van der Waals surface area (Å²) in [6.07, 6.45) is 2.49. The van der Waals surface area contributed by atoms with E-state index in [1.165, 1.54) is 12.8 Å². The number of nitrogens with zero attached hydrogens (tertiary/aromatic N) is 1. The van der Waals surface area contributed by atoms with E-state index in [-0.39, 0.29) is 11.4 Å².